The monoisotopic (exact) mass is 257 g/mol. The minimum Gasteiger partial charge on any atom is -0.481 e. The maximum Gasteiger partial charge on any atom is 0.305 e. The first kappa shape index (κ1) is 15.0. The van der Waals surface area contributed by atoms with E-state index in [1.54, 1.807) is 0 Å². The van der Waals surface area contributed by atoms with E-state index in [1.807, 2.05) is 13.8 Å². The van der Waals surface area contributed by atoms with Crippen molar-refractivity contribution in [3.05, 3.63) is 0 Å². The normalized spacial score (nSPS) is 19.4. The Morgan fingerprint density at radius 3 is 2.50 bits per heavy atom. The van der Waals surface area contributed by atoms with E-state index in [-0.39, 0.29) is 25.0 Å². The third-order valence-electron chi connectivity index (χ3n) is 3.53. The van der Waals surface area contributed by atoms with Crippen molar-refractivity contribution in [2.45, 2.75) is 64.0 Å². The lowest BCUT2D eigenvalue weighted by molar-refractivity contribution is -0.139. The molecule has 0 aromatic rings. The van der Waals surface area contributed by atoms with Gasteiger partial charge in [0.2, 0.25) is 5.91 Å². The number of rotatable bonds is 7. The van der Waals surface area contributed by atoms with Gasteiger partial charge < -0.3 is 15.2 Å². The molecule has 1 aliphatic rings. The molecule has 18 heavy (non-hydrogen) atoms. The molecule has 1 fully saturated rings. The standard InChI is InChI=1S/C13H23NO4/c1-3-10(2)18-9-11(15)14-13(8-12(16)17)6-4-5-7-13/h10H,3-9H2,1-2H3,(H,14,15)(H,16,17). The molecule has 5 heteroatoms. The van der Waals surface area contributed by atoms with Crippen LogP contribution in [-0.4, -0.2) is 35.2 Å². The first-order chi connectivity index (χ1) is 8.47. The first-order valence-corrected chi connectivity index (χ1v) is 6.62. The van der Waals surface area contributed by atoms with Crippen molar-refractivity contribution >= 4 is 11.9 Å². The summed E-state index contributed by atoms with van der Waals surface area (Å²) in [5.41, 5.74) is -0.554. The summed E-state index contributed by atoms with van der Waals surface area (Å²) < 4.78 is 5.35. The molecule has 0 radical (unpaired) electrons. The molecule has 0 heterocycles. The van der Waals surface area contributed by atoms with E-state index in [0.29, 0.717) is 0 Å². The van der Waals surface area contributed by atoms with Gasteiger partial charge in [0.15, 0.2) is 0 Å². The summed E-state index contributed by atoms with van der Waals surface area (Å²) in [7, 11) is 0. The van der Waals surface area contributed by atoms with Gasteiger partial charge in [0.1, 0.15) is 6.61 Å². The fourth-order valence-electron chi connectivity index (χ4n) is 2.35. The summed E-state index contributed by atoms with van der Waals surface area (Å²) in [5, 5.41) is 11.8. The summed E-state index contributed by atoms with van der Waals surface area (Å²) in [4.78, 5) is 22.6. The van der Waals surface area contributed by atoms with Gasteiger partial charge in [-0.05, 0) is 26.2 Å². The van der Waals surface area contributed by atoms with Gasteiger partial charge in [0.05, 0.1) is 18.1 Å². The van der Waals surface area contributed by atoms with E-state index in [0.717, 1.165) is 32.1 Å². The maximum atomic E-state index is 11.8. The number of carboxylic acids is 1. The largest absolute Gasteiger partial charge is 0.481 e. The van der Waals surface area contributed by atoms with E-state index in [9.17, 15) is 9.59 Å². The molecule has 0 aliphatic heterocycles. The van der Waals surface area contributed by atoms with Crippen molar-refractivity contribution in [3.63, 3.8) is 0 Å². The molecule has 5 nitrogen and oxygen atoms in total. The van der Waals surface area contributed by atoms with Crippen LogP contribution in [0.15, 0.2) is 0 Å². The minimum atomic E-state index is -0.861. The number of aliphatic carboxylic acids is 1. The second-order valence-electron chi connectivity index (χ2n) is 5.14. The quantitative estimate of drug-likeness (QED) is 0.728. The molecule has 2 N–H and O–H groups in total. The predicted octanol–water partition coefficient (Wildman–Crippen LogP) is 1.71. The van der Waals surface area contributed by atoms with Crippen molar-refractivity contribution in [2.75, 3.05) is 6.61 Å². The Bertz CT molecular complexity index is 297. The molecule has 0 saturated heterocycles. The van der Waals surface area contributed by atoms with Crippen LogP contribution in [0, 0.1) is 0 Å². The van der Waals surface area contributed by atoms with E-state index < -0.39 is 11.5 Å². The summed E-state index contributed by atoms with van der Waals surface area (Å²) in [6.07, 6.45) is 4.34. The number of carboxylic acid groups (broad SMARTS) is 1. The Hall–Kier alpha value is -1.10. The molecule has 1 rings (SSSR count). The van der Waals surface area contributed by atoms with Crippen LogP contribution in [-0.2, 0) is 14.3 Å². The van der Waals surface area contributed by atoms with Crippen molar-refractivity contribution in [1.29, 1.82) is 0 Å². The van der Waals surface area contributed by atoms with Gasteiger partial charge in [0, 0.05) is 0 Å². The van der Waals surface area contributed by atoms with Crippen LogP contribution in [0.4, 0.5) is 0 Å². The second-order valence-corrected chi connectivity index (χ2v) is 5.14. The van der Waals surface area contributed by atoms with E-state index in [4.69, 9.17) is 9.84 Å². The molecule has 0 aromatic carbocycles. The van der Waals surface area contributed by atoms with Crippen molar-refractivity contribution in [3.8, 4) is 0 Å². The highest BCUT2D eigenvalue weighted by molar-refractivity contribution is 5.79. The lowest BCUT2D eigenvalue weighted by Gasteiger charge is -2.28. The lowest BCUT2D eigenvalue weighted by atomic mass is 9.93. The molecule has 1 amide bonds. The average Bonchev–Trinajstić information content (AvgIpc) is 2.73. The predicted molar refractivity (Wildman–Crippen MR) is 67.3 cm³/mol. The molecule has 104 valence electrons. The second kappa shape index (κ2) is 6.73. The lowest BCUT2D eigenvalue weighted by Crippen LogP contribution is -2.49. The van der Waals surface area contributed by atoms with Gasteiger partial charge in [-0.2, -0.15) is 0 Å². The van der Waals surface area contributed by atoms with Gasteiger partial charge in [-0.3, -0.25) is 9.59 Å². The van der Waals surface area contributed by atoms with Crippen molar-refractivity contribution in [1.82, 2.24) is 5.32 Å². The molecule has 1 atom stereocenters. The van der Waals surface area contributed by atoms with Crippen LogP contribution in [0.25, 0.3) is 0 Å². The number of amides is 1. The number of hydrogen-bond acceptors (Lipinski definition) is 3. The Morgan fingerprint density at radius 1 is 1.39 bits per heavy atom. The molecular formula is C13H23NO4. The number of nitrogens with one attached hydrogen (secondary N) is 1. The van der Waals surface area contributed by atoms with Gasteiger partial charge in [-0.15, -0.1) is 0 Å². The fraction of sp³-hybridized carbons (Fsp3) is 0.846. The molecule has 0 bridgehead atoms. The fourth-order valence-corrected chi connectivity index (χ4v) is 2.35. The van der Waals surface area contributed by atoms with Crippen LogP contribution in [0.5, 0.6) is 0 Å². The third-order valence-corrected chi connectivity index (χ3v) is 3.53. The Kier molecular flexibility index (Phi) is 5.59. The maximum absolute atomic E-state index is 11.8. The van der Waals surface area contributed by atoms with Crippen LogP contribution in [0.3, 0.4) is 0 Å². The number of ether oxygens (including phenoxy) is 1. The highest BCUT2D eigenvalue weighted by Crippen LogP contribution is 2.32. The highest BCUT2D eigenvalue weighted by atomic mass is 16.5. The van der Waals surface area contributed by atoms with Crippen molar-refractivity contribution in [2.24, 2.45) is 0 Å². The number of carbonyl (C=O) groups excluding carboxylic acids is 1. The molecule has 0 spiro atoms. The summed E-state index contributed by atoms with van der Waals surface area (Å²) >= 11 is 0. The van der Waals surface area contributed by atoms with Gasteiger partial charge in [0.25, 0.3) is 0 Å². The van der Waals surface area contributed by atoms with Crippen LogP contribution in [0.2, 0.25) is 0 Å². The van der Waals surface area contributed by atoms with Gasteiger partial charge in [-0.25, -0.2) is 0 Å². The molecule has 1 unspecified atom stereocenters. The summed E-state index contributed by atoms with van der Waals surface area (Å²) in [6, 6.07) is 0. The molecule has 0 aromatic heterocycles. The zero-order chi connectivity index (χ0) is 13.6. The third kappa shape index (κ3) is 4.64. The zero-order valence-corrected chi connectivity index (χ0v) is 11.2. The Labute approximate surface area is 108 Å². The Balaban J connectivity index is 2.46. The zero-order valence-electron chi connectivity index (χ0n) is 11.2. The average molecular weight is 257 g/mol. The van der Waals surface area contributed by atoms with Crippen LogP contribution >= 0.6 is 0 Å². The van der Waals surface area contributed by atoms with Crippen molar-refractivity contribution < 1.29 is 19.4 Å². The number of hydrogen-bond donors (Lipinski definition) is 2. The highest BCUT2D eigenvalue weighted by Gasteiger charge is 2.37. The molecule has 1 saturated carbocycles. The van der Waals surface area contributed by atoms with Crippen LogP contribution in [0.1, 0.15) is 52.4 Å². The van der Waals surface area contributed by atoms with Gasteiger partial charge in [-0.1, -0.05) is 19.8 Å². The summed E-state index contributed by atoms with van der Waals surface area (Å²) in [5.74, 6) is -1.07. The van der Waals surface area contributed by atoms with E-state index in [1.165, 1.54) is 0 Å². The smallest absolute Gasteiger partial charge is 0.305 e. The first-order valence-electron chi connectivity index (χ1n) is 6.62. The number of carbonyl (C=O) groups is 2. The topological polar surface area (TPSA) is 75.6 Å². The summed E-state index contributed by atoms with van der Waals surface area (Å²) in [6.45, 7) is 3.91. The SMILES string of the molecule is CCC(C)OCC(=O)NC1(CC(=O)O)CCCC1. The van der Waals surface area contributed by atoms with E-state index >= 15 is 0 Å². The molecular weight excluding hydrogens is 234 g/mol. The Morgan fingerprint density at radius 2 is 2.00 bits per heavy atom. The van der Waals surface area contributed by atoms with E-state index in [2.05, 4.69) is 5.32 Å². The minimum absolute atomic E-state index is 0.00205. The van der Waals surface area contributed by atoms with Gasteiger partial charge >= 0.3 is 5.97 Å². The van der Waals surface area contributed by atoms with Crippen LogP contribution < -0.4 is 5.32 Å². The molecule has 1 aliphatic carbocycles.